The second kappa shape index (κ2) is 6.40. The van der Waals surface area contributed by atoms with Gasteiger partial charge in [0.2, 0.25) is 0 Å². The van der Waals surface area contributed by atoms with Crippen LogP contribution in [0.1, 0.15) is 29.3 Å². The molecule has 1 aromatic carbocycles. The minimum atomic E-state index is -0.359. The normalized spacial score (nSPS) is 12.1. The Balaban J connectivity index is 3.20. The van der Waals surface area contributed by atoms with Gasteiger partial charge < -0.3 is 14.6 Å². The Morgan fingerprint density at radius 1 is 1.28 bits per heavy atom. The van der Waals surface area contributed by atoms with E-state index in [1.165, 1.54) is 7.11 Å². The van der Waals surface area contributed by atoms with Crippen LogP contribution >= 0.6 is 0 Å². The second-order valence-corrected chi connectivity index (χ2v) is 4.17. The number of aryl methyl sites for hydroxylation is 1. The number of aliphatic hydroxyl groups excluding tert-OH is 1. The standard InChI is InChI=1S/C14H20O4/c1-5-10(8-15)14(16)11-7-13(18-4)12(17-3)6-9(11)2/h6-7,10,15H,5,8H2,1-4H3. The zero-order valence-corrected chi connectivity index (χ0v) is 11.3. The zero-order valence-electron chi connectivity index (χ0n) is 11.3. The largest absolute Gasteiger partial charge is 0.493 e. The van der Waals surface area contributed by atoms with Gasteiger partial charge >= 0.3 is 0 Å². The van der Waals surface area contributed by atoms with E-state index in [2.05, 4.69) is 0 Å². The molecule has 0 aliphatic rings. The van der Waals surface area contributed by atoms with E-state index in [9.17, 15) is 9.90 Å². The Bertz CT molecular complexity index is 422. The molecular weight excluding hydrogens is 232 g/mol. The maximum Gasteiger partial charge on any atom is 0.168 e. The van der Waals surface area contributed by atoms with Gasteiger partial charge in [-0.25, -0.2) is 0 Å². The third-order valence-corrected chi connectivity index (χ3v) is 3.08. The highest BCUT2D eigenvalue weighted by Gasteiger charge is 2.21. The molecule has 4 heteroatoms. The van der Waals surface area contributed by atoms with Crippen molar-refractivity contribution in [2.75, 3.05) is 20.8 Å². The number of ether oxygens (including phenoxy) is 2. The number of Topliss-reactive ketones (excluding diaryl/α,β-unsaturated/α-hetero) is 1. The minimum Gasteiger partial charge on any atom is -0.493 e. The summed E-state index contributed by atoms with van der Waals surface area (Å²) in [6.07, 6.45) is 0.614. The van der Waals surface area contributed by atoms with Crippen LogP contribution < -0.4 is 9.47 Å². The molecule has 0 aromatic heterocycles. The molecule has 0 saturated carbocycles. The summed E-state index contributed by atoms with van der Waals surface area (Å²) in [7, 11) is 3.09. The fraction of sp³-hybridized carbons (Fsp3) is 0.500. The number of carbonyl (C=O) groups excluding carboxylic acids is 1. The highest BCUT2D eigenvalue weighted by molar-refractivity contribution is 5.99. The van der Waals surface area contributed by atoms with E-state index in [1.807, 2.05) is 13.8 Å². The number of hydrogen-bond acceptors (Lipinski definition) is 4. The van der Waals surface area contributed by atoms with Crippen LogP contribution in [0.25, 0.3) is 0 Å². The molecule has 1 unspecified atom stereocenters. The molecule has 1 rings (SSSR count). The van der Waals surface area contributed by atoms with Crippen LogP contribution in [0.2, 0.25) is 0 Å². The van der Waals surface area contributed by atoms with E-state index in [0.29, 0.717) is 23.5 Å². The van der Waals surface area contributed by atoms with Gasteiger partial charge in [-0.15, -0.1) is 0 Å². The van der Waals surface area contributed by atoms with Crippen LogP contribution in [0.5, 0.6) is 11.5 Å². The maximum absolute atomic E-state index is 12.2. The van der Waals surface area contributed by atoms with E-state index >= 15 is 0 Å². The van der Waals surface area contributed by atoms with E-state index in [-0.39, 0.29) is 18.3 Å². The summed E-state index contributed by atoms with van der Waals surface area (Å²) < 4.78 is 10.4. The molecule has 100 valence electrons. The van der Waals surface area contributed by atoms with Gasteiger partial charge in [0, 0.05) is 11.5 Å². The maximum atomic E-state index is 12.2. The van der Waals surface area contributed by atoms with Crippen LogP contribution in [0, 0.1) is 12.8 Å². The topological polar surface area (TPSA) is 55.8 Å². The van der Waals surface area contributed by atoms with E-state index in [1.54, 1.807) is 19.2 Å². The number of ketones is 1. The molecule has 0 spiro atoms. The van der Waals surface area contributed by atoms with Gasteiger partial charge in [-0.3, -0.25) is 4.79 Å². The Labute approximate surface area is 108 Å². The summed E-state index contributed by atoms with van der Waals surface area (Å²) in [6, 6.07) is 3.45. The molecule has 0 saturated heterocycles. The first-order valence-electron chi connectivity index (χ1n) is 5.96. The summed E-state index contributed by atoms with van der Waals surface area (Å²) in [5.74, 6) is 0.711. The number of methoxy groups -OCH3 is 2. The lowest BCUT2D eigenvalue weighted by Gasteiger charge is -2.15. The molecule has 1 aromatic rings. The lowest BCUT2D eigenvalue weighted by Crippen LogP contribution is -2.19. The fourth-order valence-corrected chi connectivity index (χ4v) is 1.86. The van der Waals surface area contributed by atoms with Crippen molar-refractivity contribution in [3.8, 4) is 11.5 Å². The molecule has 0 aliphatic heterocycles. The Hall–Kier alpha value is -1.55. The highest BCUT2D eigenvalue weighted by atomic mass is 16.5. The van der Waals surface area contributed by atoms with Crippen molar-refractivity contribution in [2.24, 2.45) is 5.92 Å². The molecule has 18 heavy (non-hydrogen) atoms. The first-order chi connectivity index (χ1) is 8.58. The molecule has 1 atom stereocenters. The Morgan fingerprint density at radius 3 is 2.28 bits per heavy atom. The molecule has 4 nitrogen and oxygen atoms in total. The van der Waals surface area contributed by atoms with Gasteiger partial charge in [0.05, 0.1) is 20.8 Å². The predicted molar refractivity (Wildman–Crippen MR) is 69.5 cm³/mol. The summed E-state index contributed by atoms with van der Waals surface area (Å²) in [4.78, 5) is 12.2. The van der Waals surface area contributed by atoms with Crippen molar-refractivity contribution in [1.82, 2.24) is 0 Å². The summed E-state index contributed by atoms with van der Waals surface area (Å²) >= 11 is 0. The van der Waals surface area contributed by atoms with E-state index in [4.69, 9.17) is 9.47 Å². The molecule has 0 amide bonds. The van der Waals surface area contributed by atoms with Crippen molar-refractivity contribution in [3.05, 3.63) is 23.3 Å². The summed E-state index contributed by atoms with van der Waals surface area (Å²) in [6.45, 7) is 3.59. The SMILES string of the molecule is CCC(CO)C(=O)c1cc(OC)c(OC)cc1C. The molecule has 1 N–H and O–H groups in total. The van der Waals surface area contributed by atoms with Crippen LogP contribution in [0.4, 0.5) is 0 Å². The van der Waals surface area contributed by atoms with E-state index in [0.717, 1.165) is 5.56 Å². The minimum absolute atomic E-state index is 0.0570. The van der Waals surface area contributed by atoms with Gasteiger partial charge in [-0.05, 0) is 31.0 Å². The van der Waals surface area contributed by atoms with Gasteiger partial charge in [0.25, 0.3) is 0 Å². The molecule has 0 bridgehead atoms. The Morgan fingerprint density at radius 2 is 1.83 bits per heavy atom. The lowest BCUT2D eigenvalue weighted by molar-refractivity contribution is 0.0855. The van der Waals surface area contributed by atoms with Crippen molar-refractivity contribution < 1.29 is 19.4 Å². The molecule has 0 heterocycles. The zero-order chi connectivity index (χ0) is 13.7. The molecule has 0 radical (unpaired) electrons. The third-order valence-electron chi connectivity index (χ3n) is 3.08. The number of rotatable bonds is 6. The predicted octanol–water partition coefficient (Wildman–Crippen LogP) is 2.21. The van der Waals surface area contributed by atoms with Gasteiger partial charge in [-0.1, -0.05) is 6.92 Å². The number of aliphatic hydroxyl groups is 1. The van der Waals surface area contributed by atoms with Crippen molar-refractivity contribution in [1.29, 1.82) is 0 Å². The lowest BCUT2D eigenvalue weighted by atomic mass is 9.93. The first-order valence-corrected chi connectivity index (χ1v) is 5.96. The van der Waals surface area contributed by atoms with Gasteiger partial charge in [-0.2, -0.15) is 0 Å². The second-order valence-electron chi connectivity index (χ2n) is 4.17. The van der Waals surface area contributed by atoms with Crippen molar-refractivity contribution in [2.45, 2.75) is 20.3 Å². The van der Waals surface area contributed by atoms with Gasteiger partial charge in [0.15, 0.2) is 17.3 Å². The summed E-state index contributed by atoms with van der Waals surface area (Å²) in [5, 5.41) is 9.20. The molecule has 0 aliphatic carbocycles. The third kappa shape index (κ3) is 2.82. The van der Waals surface area contributed by atoms with Crippen molar-refractivity contribution in [3.63, 3.8) is 0 Å². The number of benzene rings is 1. The smallest absolute Gasteiger partial charge is 0.168 e. The monoisotopic (exact) mass is 252 g/mol. The first kappa shape index (κ1) is 14.5. The van der Waals surface area contributed by atoms with Gasteiger partial charge in [0.1, 0.15) is 0 Å². The van der Waals surface area contributed by atoms with Crippen LogP contribution in [-0.4, -0.2) is 31.7 Å². The Kier molecular flexibility index (Phi) is 5.16. The molecular formula is C14H20O4. The van der Waals surface area contributed by atoms with Crippen molar-refractivity contribution >= 4 is 5.78 Å². The van der Waals surface area contributed by atoms with Crippen LogP contribution in [-0.2, 0) is 0 Å². The number of hydrogen-bond donors (Lipinski definition) is 1. The average Bonchev–Trinajstić information content (AvgIpc) is 2.39. The van der Waals surface area contributed by atoms with Crippen LogP contribution in [0.3, 0.4) is 0 Å². The summed E-state index contributed by atoms with van der Waals surface area (Å²) in [5.41, 5.74) is 1.40. The fourth-order valence-electron chi connectivity index (χ4n) is 1.86. The van der Waals surface area contributed by atoms with Crippen LogP contribution in [0.15, 0.2) is 12.1 Å². The van der Waals surface area contributed by atoms with E-state index < -0.39 is 0 Å². The highest BCUT2D eigenvalue weighted by Crippen LogP contribution is 2.31. The quantitative estimate of drug-likeness (QED) is 0.789. The molecule has 0 fully saturated rings. The average molecular weight is 252 g/mol. The number of carbonyl (C=O) groups is 1.